The van der Waals surface area contributed by atoms with Crippen molar-refractivity contribution in [2.45, 2.75) is 6.18 Å². The van der Waals surface area contributed by atoms with Gasteiger partial charge in [-0.05, 0) is 0 Å². The summed E-state index contributed by atoms with van der Waals surface area (Å²) in [6.45, 7) is -1.26. The maximum atomic E-state index is 12.0. The van der Waals surface area contributed by atoms with Crippen molar-refractivity contribution in [2.75, 3.05) is 23.3 Å². The monoisotopic (exact) mass is 336 g/mol. The van der Waals surface area contributed by atoms with Crippen molar-refractivity contribution >= 4 is 40.6 Å². The van der Waals surface area contributed by atoms with Gasteiger partial charge in [-0.3, -0.25) is 5.41 Å². The Balaban J connectivity index is 2.90. The van der Waals surface area contributed by atoms with E-state index in [0.29, 0.717) is 0 Å². The molecule has 0 atom stereocenters. The minimum atomic E-state index is -4.39. The van der Waals surface area contributed by atoms with Crippen molar-refractivity contribution in [3.8, 4) is 0 Å². The van der Waals surface area contributed by atoms with Crippen LogP contribution < -0.4 is 22.1 Å². The van der Waals surface area contributed by atoms with E-state index in [1.54, 1.807) is 0 Å². The van der Waals surface area contributed by atoms with Crippen LogP contribution in [0.4, 0.5) is 30.8 Å². The number of nitrogens with zero attached hydrogens (tertiary/aromatic N) is 2. The lowest BCUT2D eigenvalue weighted by atomic mass is 10.3. The summed E-state index contributed by atoms with van der Waals surface area (Å²) in [5, 5.41) is 18.4. The zero-order valence-corrected chi connectivity index (χ0v) is 11.7. The zero-order valence-electron chi connectivity index (χ0n) is 10.9. The number of halogens is 4. The minimum absolute atomic E-state index is 0.0530. The lowest BCUT2D eigenvalue weighted by molar-refractivity contribution is -0.122. The molecule has 0 amide bonds. The van der Waals surface area contributed by atoms with Gasteiger partial charge in [0.15, 0.2) is 0 Å². The lowest BCUT2D eigenvalue weighted by Gasteiger charge is -2.11. The molecule has 0 aliphatic carbocycles. The number of nitrogen functional groups attached to an aromatic ring is 2. The topological polar surface area (TPSA) is 150 Å². The van der Waals surface area contributed by atoms with Crippen LogP contribution in [0.5, 0.6) is 0 Å². The summed E-state index contributed by atoms with van der Waals surface area (Å²) in [6.07, 6.45) is -2.72. The number of hydrogen-bond acceptors (Lipinski definition) is 8. The maximum Gasteiger partial charge on any atom is 0.405 e. The molecule has 0 aliphatic heterocycles. The Kier molecular flexibility index (Phi) is 5.51. The molecule has 8 N–H and O–H groups in total. The standard InChI is InChI=1S/C10H12ClF3N8/c11-6(16)5-7(17)21-9(22-8(5)18)20-4(1-15)2-19-3-10(12,13)14/h1-2,15-16,19H,3H2,(H5,17,18,20,21,22)/b4-2+,15-1?,16-6?. The van der Waals surface area contributed by atoms with Crippen molar-refractivity contribution in [1.29, 1.82) is 10.8 Å². The summed E-state index contributed by atoms with van der Waals surface area (Å²) >= 11 is 5.47. The highest BCUT2D eigenvalue weighted by Gasteiger charge is 2.25. The van der Waals surface area contributed by atoms with Crippen molar-refractivity contribution in [3.63, 3.8) is 0 Å². The first-order valence-electron chi connectivity index (χ1n) is 5.59. The number of rotatable bonds is 6. The fourth-order valence-corrected chi connectivity index (χ4v) is 1.49. The molecule has 0 aliphatic rings. The smallest absolute Gasteiger partial charge is 0.383 e. The third-order valence-corrected chi connectivity index (χ3v) is 2.35. The lowest BCUT2D eigenvalue weighted by Crippen LogP contribution is -2.26. The first-order chi connectivity index (χ1) is 10.1. The molecular formula is C10H12ClF3N8. The Labute approximate surface area is 127 Å². The molecule has 0 saturated carbocycles. The van der Waals surface area contributed by atoms with E-state index < -0.39 is 17.9 Å². The summed E-state index contributed by atoms with van der Waals surface area (Å²) < 4.78 is 36.0. The van der Waals surface area contributed by atoms with E-state index in [1.165, 1.54) is 0 Å². The summed E-state index contributed by atoms with van der Waals surface area (Å²) in [5.74, 6) is -0.509. The molecule has 1 rings (SSSR count). The SMILES string of the molecule is N=C/C(=C\NCC(F)(F)F)Nc1nc(N)c(C(=N)Cl)c(N)n1. The van der Waals surface area contributed by atoms with Gasteiger partial charge in [-0.2, -0.15) is 23.1 Å². The second-order valence-corrected chi connectivity index (χ2v) is 4.25. The van der Waals surface area contributed by atoms with Gasteiger partial charge < -0.3 is 27.5 Å². The minimum Gasteiger partial charge on any atom is -0.383 e. The van der Waals surface area contributed by atoms with Crippen LogP contribution in [-0.2, 0) is 0 Å². The normalized spacial score (nSPS) is 11.9. The van der Waals surface area contributed by atoms with E-state index in [4.69, 9.17) is 33.9 Å². The molecule has 1 heterocycles. The first-order valence-corrected chi connectivity index (χ1v) is 5.97. The van der Waals surface area contributed by atoms with Crippen LogP contribution in [-0.4, -0.2) is 34.1 Å². The number of alkyl halides is 3. The molecule has 8 nitrogen and oxygen atoms in total. The molecule has 0 bridgehead atoms. The zero-order chi connectivity index (χ0) is 16.9. The maximum absolute atomic E-state index is 12.0. The molecule has 0 spiro atoms. The average Bonchev–Trinajstić information content (AvgIpc) is 2.34. The summed E-state index contributed by atoms with van der Waals surface area (Å²) in [5.41, 5.74) is 11.0. The van der Waals surface area contributed by atoms with Crippen LogP contribution in [0, 0.1) is 10.8 Å². The van der Waals surface area contributed by atoms with Crippen molar-refractivity contribution in [2.24, 2.45) is 0 Å². The van der Waals surface area contributed by atoms with Crippen LogP contribution in [0.2, 0.25) is 0 Å². The van der Waals surface area contributed by atoms with Crippen LogP contribution in [0.3, 0.4) is 0 Å². The third kappa shape index (κ3) is 5.09. The fraction of sp³-hybridized carbons (Fsp3) is 0.200. The molecule has 12 heteroatoms. The van der Waals surface area contributed by atoms with Gasteiger partial charge in [0.2, 0.25) is 5.95 Å². The number of allylic oxidation sites excluding steroid dienone is 1. The highest BCUT2D eigenvalue weighted by Crippen LogP contribution is 2.20. The van der Waals surface area contributed by atoms with Crippen LogP contribution in [0.25, 0.3) is 0 Å². The third-order valence-electron chi connectivity index (χ3n) is 2.16. The molecule has 0 radical (unpaired) electrons. The van der Waals surface area contributed by atoms with Crippen molar-refractivity contribution < 1.29 is 13.2 Å². The van der Waals surface area contributed by atoms with Gasteiger partial charge in [0.1, 0.15) is 23.4 Å². The number of anilines is 3. The first kappa shape index (κ1) is 17.5. The van der Waals surface area contributed by atoms with E-state index in [0.717, 1.165) is 12.4 Å². The van der Waals surface area contributed by atoms with Crippen LogP contribution in [0.15, 0.2) is 11.9 Å². The quantitative estimate of drug-likeness (QED) is 0.430. The van der Waals surface area contributed by atoms with Gasteiger partial charge in [-0.1, -0.05) is 11.6 Å². The van der Waals surface area contributed by atoms with Crippen molar-refractivity contribution in [1.82, 2.24) is 15.3 Å². The molecule has 0 fully saturated rings. The molecule has 0 aromatic carbocycles. The highest BCUT2D eigenvalue weighted by atomic mass is 35.5. The second-order valence-electron chi connectivity index (χ2n) is 3.87. The van der Waals surface area contributed by atoms with E-state index >= 15 is 0 Å². The molecular weight excluding hydrogens is 325 g/mol. The Bertz CT molecular complexity index is 590. The summed E-state index contributed by atoms with van der Waals surface area (Å²) in [4.78, 5) is 7.51. The average molecular weight is 337 g/mol. The Hall–Kier alpha value is -2.56. The van der Waals surface area contributed by atoms with Gasteiger partial charge >= 0.3 is 6.18 Å². The molecule has 1 aromatic heterocycles. The van der Waals surface area contributed by atoms with E-state index in [2.05, 4.69) is 15.3 Å². The molecule has 1 aromatic rings. The van der Waals surface area contributed by atoms with E-state index in [-0.39, 0.29) is 28.8 Å². The molecule has 120 valence electrons. The highest BCUT2D eigenvalue weighted by molar-refractivity contribution is 6.69. The predicted molar refractivity (Wildman–Crippen MR) is 78.1 cm³/mol. The van der Waals surface area contributed by atoms with E-state index in [1.807, 2.05) is 5.32 Å². The van der Waals surface area contributed by atoms with E-state index in [9.17, 15) is 13.2 Å². The van der Waals surface area contributed by atoms with Gasteiger partial charge in [-0.25, -0.2) is 0 Å². The van der Waals surface area contributed by atoms with Gasteiger partial charge in [0.05, 0.1) is 11.3 Å². The van der Waals surface area contributed by atoms with Gasteiger partial charge in [0, 0.05) is 12.4 Å². The van der Waals surface area contributed by atoms with Crippen molar-refractivity contribution in [3.05, 3.63) is 17.5 Å². The molecule has 0 unspecified atom stereocenters. The largest absolute Gasteiger partial charge is 0.405 e. The number of aromatic nitrogens is 2. The molecule has 0 saturated heterocycles. The number of hydrogen-bond donors (Lipinski definition) is 6. The molecule has 22 heavy (non-hydrogen) atoms. The van der Waals surface area contributed by atoms with Crippen LogP contribution in [0.1, 0.15) is 5.56 Å². The van der Waals surface area contributed by atoms with Crippen LogP contribution >= 0.6 is 11.6 Å². The second kappa shape index (κ2) is 6.93. The number of nitrogens with one attached hydrogen (secondary N) is 4. The number of nitrogens with two attached hydrogens (primary N) is 2. The predicted octanol–water partition coefficient (Wildman–Crippen LogP) is 1.26. The fourth-order valence-electron chi connectivity index (χ4n) is 1.30. The Morgan fingerprint density at radius 2 is 1.82 bits per heavy atom. The summed E-state index contributed by atoms with van der Waals surface area (Å²) in [7, 11) is 0. The van der Waals surface area contributed by atoms with Gasteiger partial charge in [0.25, 0.3) is 0 Å². The van der Waals surface area contributed by atoms with Gasteiger partial charge in [-0.15, -0.1) is 0 Å². The summed E-state index contributed by atoms with van der Waals surface area (Å²) in [6, 6.07) is 0. The Morgan fingerprint density at radius 1 is 1.27 bits per heavy atom. The Morgan fingerprint density at radius 3 is 2.23 bits per heavy atom.